The van der Waals surface area contributed by atoms with Gasteiger partial charge in [-0.15, -0.1) is 16.4 Å². The van der Waals surface area contributed by atoms with E-state index in [0.29, 0.717) is 6.04 Å². The number of rotatable bonds is 3. The van der Waals surface area contributed by atoms with E-state index in [1.807, 2.05) is 22.8 Å². The maximum Gasteiger partial charge on any atom is 0.154 e. The number of imidazole rings is 1. The third-order valence-corrected chi connectivity index (χ3v) is 6.13. The van der Waals surface area contributed by atoms with Crippen molar-refractivity contribution in [2.75, 3.05) is 5.32 Å². The number of benzene rings is 1. The molecule has 3 heterocycles. The van der Waals surface area contributed by atoms with Crippen LogP contribution in [0.1, 0.15) is 25.7 Å². The van der Waals surface area contributed by atoms with E-state index in [1.165, 1.54) is 15.6 Å². The van der Waals surface area contributed by atoms with Crippen molar-refractivity contribution >= 4 is 32.9 Å². The topological polar surface area (TPSA) is 62.5 Å². The van der Waals surface area contributed by atoms with Gasteiger partial charge in [0.25, 0.3) is 0 Å². The second-order valence-corrected chi connectivity index (χ2v) is 7.84. The molecule has 5 rings (SSSR count). The number of fused-ring (bicyclic) bond motifs is 2. The van der Waals surface area contributed by atoms with Crippen LogP contribution in [0.3, 0.4) is 0 Å². The number of nitrogens with one attached hydrogen (secondary N) is 1. The number of hydrogen-bond donors (Lipinski definition) is 2. The molecule has 0 spiro atoms. The Morgan fingerprint density at radius 2 is 1.92 bits per heavy atom. The Morgan fingerprint density at radius 1 is 1.08 bits per heavy atom. The number of thiophene rings is 1. The minimum atomic E-state index is -0.143. The van der Waals surface area contributed by atoms with Crippen LogP contribution in [-0.2, 0) is 0 Å². The molecule has 132 valence electrons. The number of aliphatic hydroxyl groups is 1. The van der Waals surface area contributed by atoms with Crippen LogP contribution in [0, 0.1) is 0 Å². The molecule has 0 radical (unpaired) electrons. The maximum atomic E-state index is 9.68. The van der Waals surface area contributed by atoms with Crippen molar-refractivity contribution in [3.8, 4) is 11.3 Å². The molecule has 5 nitrogen and oxygen atoms in total. The molecule has 0 unspecified atom stereocenters. The molecule has 1 aliphatic carbocycles. The first-order chi connectivity index (χ1) is 12.8. The van der Waals surface area contributed by atoms with Gasteiger partial charge in [0.15, 0.2) is 5.65 Å². The van der Waals surface area contributed by atoms with Crippen LogP contribution in [-0.4, -0.2) is 31.9 Å². The minimum Gasteiger partial charge on any atom is -0.393 e. The van der Waals surface area contributed by atoms with Crippen molar-refractivity contribution in [2.24, 2.45) is 0 Å². The molecule has 1 aliphatic rings. The highest BCUT2D eigenvalue weighted by Crippen LogP contribution is 2.34. The van der Waals surface area contributed by atoms with E-state index in [9.17, 15) is 5.11 Å². The Kier molecular flexibility index (Phi) is 3.87. The second-order valence-electron chi connectivity index (χ2n) is 6.93. The van der Waals surface area contributed by atoms with E-state index in [0.717, 1.165) is 42.8 Å². The van der Waals surface area contributed by atoms with Crippen molar-refractivity contribution in [1.29, 1.82) is 0 Å². The number of anilines is 1. The van der Waals surface area contributed by atoms with Gasteiger partial charge in [-0.2, -0.15) is 0 Å². The summed E-state index contributed by atoms with van der Waals surface area (Å²) in [6.07, 6.45) is 5.43. The lowest BCUT2D eigenvalue weighted by Crippen LogP contribution is -2.28. The van der Waals surface area contributed by atoms with Crippen molar-refractivity contribution in [3.05, 3.63) is 48.0 Å². The Morgan fingerprint density at radius 3 is 2.81 bits per heavy atom. The Hall–Kier alpha value is -2.44. The summed E-state index contributed by atoms with van der Waals surface area (Å²) in [5.41, 5.74) is 3.03. The van der Waals surface area contributed by atoms with Crippen molar-refractivity contribution in [3.63, 3.8) is 0 Å². The summed E-state index contributed by atoms with van der Waals surface area (Å²) in [5, 5.41) is 21.4. The van der Waals surface area contributed by atoms with Gasteiger partial charge in [0.2, 0.25) is 0 Å². The first kappa shape index (κ1) is 15.8. The van der Waals surface area contributed by atoms with Gasteiger partial charge in [0, 0.05) is 27.1 Å². The zero-order chi connectivity index (χ0) is 17.5. The molecule has 0 atom stereocenters. The van der Waals surface area contributed by atoms with Crippen LogP contribution < -0.4 is 5.32 Å². The number of aromatic nitrogens is 3. The zero-order valence-electron chi connectivity index (χ0n) is 14.3. The lowest BCUT2D eigenvalue weighted by atomic mass is 9.93. The Bertz CT molecular complexity index is 1060. The monoisotopic (exact) mass is 364 g/mol. The molecule has 0 saturated heterocycles. The first-order valence-corrected chi connectivity index (χ1v) is 9.92. The van der Waals surface area contributed by atoms with E-state index >= 15 is 0 Å². The van der Waals surface area contributed by atoms with Gasteiger partial charge >= 0.3 is 0 Å². The molecular weight excluding hydrogens is 344 g/mol. The largest absolute Gasteiger partial charge is 0.393 e. The van der Waals surface area contributed by atoms with Crippen molar-refractivity contribution in [1.82, 2.24) is 14.6 Å². The normalized spacial score (nSPS) is 20.7. The molecule has 1 saturated carbocycles. The smallest absolute Gasteiger partial charge is 0.154 e. The molecular formula is C20H20N4OS. The molecule has 0 amide bonds. The molecule has 2 N–H and O–H groups in total. The average molecular weight is 364 g/mol. The number of hydrogen-bond acceptors (Lipinski definition) is 5. The fourth-order valence-corrected chi connectivity index (χ4v) is 4.69. The van der Waals surface area contributed by atoms with Gasteiger partial charge in [-0.3, -0.25) is 0 Å². The highest BCUT2D eigenvalue weighted by Gasteiger charge is 2.20. The van der Waals surface area contributed by atoms with Gasteiger partial charge in [0.05, 0.1) is 18.0 Å². The Balaban J connectivity index is 1.51. The third kappa shape index (κ3) is 2.75. The van der Waals surface area contributed by atoms with Gasteiger partial charge in [-0.05, 0) is 43.9 Å². The number of nitrogens with zero attached hydrogens (tertiary/aromatic N) is 3. The van der Waals surface area contributed by atoms with Crippen LogP contribution in [0.25, 0.3) is 27.0 Å². The quantitative estimate of drug-likeness (QED) is 0.568. The summed E-state index contributed by atoms with van der Waals surface area (Å²) in [6, 6.07) is 12.8. The van der Waals surface area contributed by atoms with E-state index in [-0.39, 0.29) is 6.10 Å². The van der Waals surface area contributed by atoms with Crippen LogP contribution in [0.2, 0.25) is 0 Å². The van der Waals surface area contributed by atoms with Gasteiger partial charge in [0.1, 0.15) is 5.82 Å². The summed E-state index contributed by atoms with van der Waals surface area (Å²) in [6.45, 7) is 0. The molecule has 6 heteroatoms. The van der Waals surface area contributed by atoms with E-state index in [2.05, 4.69) is 39.9 Å². The number of aliphatic hydroxyl groups excluding tert-OH is 1. The molecule has 0 bridgehead atoms. The molecule has 26 heavy (non-hydrogen) atoms. The lowest BCUT2D eigenvalue weighted by molar-refractivity contribution is 0.126. The van der Waals surface area contributed by atoms with Crippen molar-refractivity contribution < 1.29 is 5.11 Å². The highest BCUT2D eigenvalue weighted by molar-refractivity contribution is 7.17. The third-order valence-electron chi connectivity index (χ3n) is 5.17. The van der Waals surface area contributed by atoms with Crippen LogP contribution in [0.4, 0.5) is 5.82 Å². The summed E-state index contributed by atoms with van der Waals surface area (Å²) < 4.78 is 3.20. The Labute approximate surface area is 155 Å². The predicted octanol–water partition coefficient (Wildman–Crippen LogP) is 4.33. The van der Waals surface area contributed by atoms with E-state index in [4.69, 9.17) is 5.10 Å². The first-order valence-electron chi connectivity index (χ1n) is 9.04. The highest BCUT2D eigenvalue weighted by atomic mass is 32.1. The zero-order valence-corrected chi connectivity index (χ0v) is 15.1. The summed E-state index contributed by atoms with van der Waals surface area (Å²) in [5.74, 6) is 0.859. The lowest BCUT2D eigenvalue weighted by Gasteiger charge is -2.26. The fourth-order valence-electron chi connectivity index (χ4n) is 3.74. The van der Waals surface area contributed by atoms with Gasteiger partial charge in [-0.25, -0.2) is 9.50 Å². The molecule has 1 aromatic carbocycles. The molecule has 1 fully saturated rings. The standard InChI is InChI=1S/C20H20N4OS/c25-14-7-5-13(6-8-14)22-19-9-10-20-21-11-17(24(20)23-19)16-12-26-18-4-2-1-3-15(16)18/h1-4,9-14,25H,5-8H2,(H,22,23)/t13-,14-. The van der Waals surface area contributed by atoms with Crippen LogP contribution in [0.5, 0.6) is 0 Å². The molecule has 4 aromatic rings. The second kappa shape index (κ2) is 6.37. The molecule has 0 aliphatic heterocycles. The van der Waals surface area contributed by atoms with Crippen LogP contribution >= 0.6 is 11.3 Å². The van der Waals surface area contributed by atoms with Gasteiger partial charge < -0.3 is 10.4 Å². The van der Waals surface area contributed by atoms with Crippen LogP contribution in [0.15, 0.2) is 48.0 Å². The maximum absolute atomic E-state index is 9.68. The fraction of sp³-hybridized carbons (Fsp3) is 0.300. The summed E-state index contributed by atoms with van der Waals surface area (Å²) in [7, 11) is 0. The SMILES string of the molecule is O[C@H]1CC[C@H](Nc2ccc3ncc(-c4csc5ccccc45)n3n2)CC1. The predicted molar refractivity (Wildman–Crippen MR) is 106 cm³/mol. The average Bonchev–Trinajstić information content (AvgIpc) is 3.27. The van der Waals surface area contributed by atoms with Crippen molar-refractivity contribution in [2.45, 2.75) is 37.8 Å². The summed E-state index contributed by atoms with van der Waals surface area (Å²) in [4.78, 5) is 4.52. The van der Waals surface area contributed by atoms with E-state index in [1.54, 1.807) is 11.3 Å². The van der Waals surface area contributed by atoms with E-state index < -0.39 is 0 Å². The molecule has 3 aromatic heterocycles. The van der Waals surface area contributed by atoms with Gasteiger partial charge in [-0.1, -0.05) is 18.2 Å². The summed E-state index contributed by atoms with van der Waals surface area (Å²) >= 11 is 1.75. The minimum absolute atomic E-state index is 0.143.